The first-order valence-electron chi connectivity index (χ1n) is 11.4. The number of ether oxygens (including phenoxy) is 1. The van der Waals surface area contributed by atoms with E-state index < -0.39 is 0 Å². The lowest BCUT2D eigenvalue weighted by molar-refractivity contribution is 0.0590. The van der Waals surface area contributed by atoms with Gasteiger partial charge >= 0.3 is 0 Å². The Morgan fingerprint density at radius 2 is 1.97 bits per heavy atom. The molecule has 3 aliphatic heterocycles. The topological polar surface area (TPSA) is 67.7 Å². The molecular formula is C24H30N4O3. The standard InChI is InChI=1S/C24H30N4O3/c1-31-22-20(6-5-9-25-22)24(30)27-13-17-12-19(16-27)21-8-7-18(23(29)28(21)14-17)15-26-10-3-2-4-11-26/h5-9,17,19H,2-4,10-16H2,1H3/t17-,19+/m0/s1. The number of fused-ring (bicyclic) bond motifs is 4. The summed E-state index contributed by atoms with van der Waals surface area (Å²) in [5.41, 5.74) is 2.63. The van der Waals surface area contributed by atoms with Crippen molar-refractivity contribution in [3.8, 4) is 5.88 Å². The van der Waals surface area contributed by atoms with Crippen molar-refractivity contribution in [3.63, 3.8) is 0 Å². The van der Waals surface area contributed by atoms with Gasteiger partial charge in [0.1, 0.15) is 5.56 Å². The van der Waals surface area contributed by atoms with Gasteiger partial charge in [0.15, 0.2) is 0 Å². The summed E-state index contributed by atoms with van der Waals surface area (Å²) in [5, 5.41) is 0. The second kappa shape index (κ2) is 8.46. The van der Waals surface area contributed by atoms with Crippen LogP contribution in [0.2, 0.25) is 0 Å². The first kappa shape index (κ1) is 20.2. The van der Waals surface area contributed by atoms with E-state index in [9.17, 15) is 9.59 Å². The Morgan fingerprint density at radius 3 is 2.77 bits per heavy atom. The highest BCUT2D eigenvalue weighted by molar-refractivity contribution is 5.96. The van der Waals surface area contributed by atoms with E-state index in [4.69, 9.17) is 4.74 Å². The summed E-state index contributed by atoms with van der Waals surface area (Å²) in [6.45, 7) is 4.89. The number of methoxy groups -OCH3 is 1. The highest BCUT2D eigenvalue weighted by Gasteiger charge is 2.37. The first-order chi connectivity index (χ1) is 15.1. The van der Waals surface area contributed by atoms with E-state index in [1.165, 1.54) is 26.4 Å². The second-order valence-electron chi connectivity index (χ2n) is 9.11. The highest BCUT2D eigenvalue weighted by Crippen LogP contribution is 2.36. The smallest absolute Gasteiger partial charge is 0.259 e. The van der Waals surface area contributed by atoms with E-state index in [1.54, 1.807) is 18.3 Å². The predicted octanol–water partition coefficient (Wildman–Crippen LogP) is 2.50. The van der Waals surface area contributed by atoms with Crippen LogP contribution in [0.4, 0.5) is 0 Å². The molecule has 2 saturated heterocycles. The molecule has 5 rings (SSSR count). The molecule has 2 fully saturated rings. The average molecular weight is 423 g/mol. The molecule has 2 bridgehead atoms. The molecule has 31 heavy (non-hydrogen) atoms. The fraction of sp³-hybridized carbons (Fsp3) is 0.542. The SMILES string of the molecule is COc1ncccc1C(=O)N1C[C@@H]2C[C@H](C1)c1ccc(CN3CCCCC3)c(=O)n1C2. The van der Waals surface area contributed by atoms with Gasteiger partial charge in [0.25, 0.3) is 11.5 Å². The number of pyridine rings is 2. The van der Waals surface area contributed by atoms with Gasteiger partial charge in [-0.05, 0) is 56.5 Å². The number of carbonyl (C=O) groups is 1. The minimum absolute atomic E-state index is 0.0443. The molecule has 7 nitrogen and oxygen atoms in total. The molecule has 2 aromatic heterocycles. The van der Waals surface area contributed by atoms with E-state index in [0.717, 1.165) is 37.3 Å². The lowest BCUT2D eigenvalue weighted by Gasteiger charge is -2.43. The van der Waals surface area contributed by atoms with Crippen LogP contribution in [0.25, 0.3) is 0 Å². The number of rotatable bonds is 4. The molecule has 164 valence electrons. The molecule has 2 atom stereocenters. The minimum atomic E-state index is -0.0443. The monoisotopic (exact) mass is 422 g/mol. The first-order valence-corrected chi connectivity index (χ1v) is 11.4. The molecule has 2 aromatic rings. The Bertz CT molecular complexity index is 1030. The van der Waals surface area contributed by atoms with Crippen LogP contribution in [0, 0.1) is 5.92 Å². The molecule has 0 aliphatic carbocycles. The highest BCUT2D eigenvalue weighted by atomic mass is 16.5. The minimum Gasteiger partial charge on any atom is -0.480 e. The van der Waals surface area contributed by atoms with E-state index in [-0.39, 0.29) is 17.4 Å². The zero-order valence-corrected chi connectivity index (χ0v) is 18.1. The fourth-order valence-corrected chi connectivity index (χ4v) is 5.52. The van der Waals surface area contributed by atoms with Crippen LogP contribution < -0.4 is 10.3 Å². The van der Waals surface area contributed by atoms with Crippen LogP contribution in [0.3, 0.4) is 0 Å². The zero-order valence-electron chi connectivity index (χ0n) is 18.1. The fourth-order valence-electron chi connectivity index (χ4n) is 5.52. The van der Waals surface area contributed by atoms with Crippen LogP contribution in [-0.4, -0.2) is 58.5 Å². The summed E-state index contributed by atoms with van der Waals surface area (Å²) in [6.07, 6.45) is 6.40. The number of likely N-dealkylation sites (tertiary alicyclic amines) is 2. The van der Waals surface area contributed by atoms with E-state index in [0.29, 0.717) is 37.0 Å². The third kappa shape index (κ3) is 3.87. The molecular weight excluding hydrogens is 392 g/mol. The average Bonchev–Trinajstić information content (AvgIpc) is 2.81. The predicted molar refractivity (Wildman–Crippen MR) is 117 cm³/mol. The Balaban J connectivity index is 1.37. The molecule has 0 unspecified atom stereocenters. The summed E-state index contributed by atoms with van der Waals surface area (Å²) >= 11 is 0. The Kier molecular flexibility index (Phi) is 5.52. The summed E-state index contributed by atoms with van der Waals surface area (Å²) in [4.78, 5) is 34.9. The van der Waals surface area contributed by atoms with Crippen molar-refractivity contribution in [2.75, 3.05) is 33.3 Å². The van der Waals surface area contributed by atoms with Gasteiger partial charge in [-0.3, -0.25) is 14.5 Å². The Morgan fingerprint density at radius 1 is 1.13 bits per heavy atom. The van der Waals surface area contributed by atoms with Crippen molar-refractivity contribution in [3.05, 3.63) is 57.6 Å². The van der Waals surface area contributed by atoms with Gasteiger partial charge in [-0.25, -0.2) is 4.98 Å². The molecule has 0 spiro atoms. The van der Waals surface area contributed by atoms with Gasteiger partial charge < -0.3 is 14.2 Å². The maximum Gasteiger partial charge on any atom is 0.259 e. The van der Waals surface area contributed by atoms with Gasteiger partial charge in [-0.2, -0.15) is 0 Å². The summed E-state index contributed by atoms with van der Waals surface area (Å²) < 4.78 is 7.28. The molecule has 0 aromatic carbocycles. The van der Waals surface area contributed by atoms with Crippen molar-refractivity contribution in [2.24, 2.45) is 5.92 Å². The van der Waals surface area contributed by atoms with Crippen LogP contribution >= 0.6 is 0 Å². The quantitative estimate of drug-likeness (QED) is 0.757. The molecule has 0 radical (unpaired) electrons. The Labute approximate surface area is 182 Å². The van der Waals surface area contributed by atoms with Crippen molar-refractivity contribution in [1.82, 2.24) is 19.4 Å². The van der Waals surface area contributed by atoms with Crippen molar-refractivity contribution >= 4 is 5.91 Å². The van der Waals surface area contributed by atoms with Crippen LogP contribution in [-0.2, 0) is 13.1 Å². The molecule has 5 heterocycles. The molecule has 3 aliphatic rings. The van der Waals surface area contributed by atoms with Crippen molar-refractivity contribution < 1.29 is 9.53 Å². The van der Waals surface area contributed by atoms with E-state index in [1.807, 2.05) is 15.5 Å². The third-order valence-corrected chi connectivity index (χ3v) is 7.01. The van der Waals surface area contributed by atoms with Crippen LogP contribution in [0.15, 0.2) is 35.3 Å². The summed E-state index contributed by atoms with van der Waals surface area (Å²) in [5.74, 6) is 0.802. The largest absolute Gasteiger partial charge is 0.480 e. The molecule has 1 amide bonds. The van der Waals surface area contributed by atoms with Crippen LogP contribution in [0.1, 0.15) is 53.2 Å². The number of nitrogens with zero attached hydrogens (tertiary/aromatic N) is 4. The maximum absolute atomic E-state index is 13.3. The number of piperidine rings is 2. The van der Waals surface area contributed by atoms with Gasteiger partial charge in [-0.1, -0.05) is 12.5 Å². The number of amides is 1. The summed E-state index contributed by atoms with van der Waals surface area (Å²) in [7, 11) is 1.54. The van der Waals surface area contributed by atoms with Gasteiger partial charge in [-0.15, -0.1) is 0 Å². The lowest BCUT2D eigenvalue weighted by atomic mass is 9.82. The third-order valence-electron chi connectivity index (χ3n) is 7.01. The number of hydrogen-bond donors (Lipinski definition) is 0. The van der Waals surface area contributed by atoms with E-state index >= 15 is 0 Å². The number of carbonyl (C=O) groups excluding carboxylic acids is 1. The van der Waals surface area contributed by atoms with Crippen molar-refractivity contribution in [1.29, 1.82) is 0 Å². The number of aromatic nitrogens is 2. The Hall–Kier alpha value is -2.67. The van der Waals surface area contributed by atoms with Crippen LogP contribution in [0.5, 0.6) is 5.88 Å². The second-order valence-corrected chi connectivity index (χ2v) is 9.11. The maximum atomic E-state index is 13.3. The van der Waals surface area contributed by atoms with Gasteiger partial charge in [0.05, 0.1) is 7.11 Å². The number of hydrogen-bond acceptors (Lipinski definition) is 5. The lowest BCUT2D eigenvalue weighted by Crippen LogP contribution is -2.49. The molecule has 0 saturated carbocycles. The molecule has 0 N–H and O–H groups in total. The van der Waals surface area contributed by atoms with Gasteiger partial charge in [0, 0.05) is 49.6 Å². The van der Waals surface area contributed by atoms with Crippen molar-refractivity contribution in [2.45, 2.75) is 44.7 Å². The molecule has 7 heteroatoms. The van der Waals surface area contributed by atoms with Gasteiger partial charge in [0.2, 0.25) is 5.88 Å². The summed E-state index contributed by atoms with van der Waals surface area (Å²) in [6, 6.07) is 7.68. The van der Waals surface area contributed by atoms with E-state index in [2.05, 4.69) is 16.0 Å². The normalized spacial score (nSPS) is 23.3. The zero-order chi connectivity index (χ0) is 21.4.